The summed E-state index contributed by atoms with van der Waals surface area (Å²) in [6.07, 6.45) is 3.13. The SMILES string of the molecule is O=C(/C=C/c1ccccc1Cl)Nc1nc2ccc(Br)cc2s1. The van der Waals surface area contributed by atoms with Gasteiger partial charge in [0, 0.05) is 15.6 Å². The second kappa shape index (κ2) is 6.60. The minimum atomic E-state index is -0.238. The number of thiazole rings is 1. The molecule has 0 fully saturated rings. The lowest BCUT2D eigenvalue weighted by Crippen LogP contribution is -2.07. The maximum atomic E-state index is 12.0. The molecule has 0 unspecified atom stereocenters. The van der Waals surface area contributed by atoms with E-state index in [1.54, 1.807) is 12.1 Å². The van der Waals surface area contributed by atoms with Crippen molar-refractivity contribution in [1.29, 1.82) is 0 Å². The van der Waals surface area contributed by atoms with Crippen molar-refractivity contribution in [3.63, 3.8) is 0 Å². The quantitative estimate of drug-likeness (QED) is 0.608. The van der Waals surface area contributed by atoms with Crippen molar-refractivity contribution in [3.8, 4) is 0 Å². The predicted molar refractivity (Wildman–Crippen MR) is 96.4 cm³/mol. The first-order valence-corrected chi connectivity index (χ1v) is 8.40. The molecule has 1 aromatic heterocycles. The van der Waals surface area contributed by atoms with Crippen molar-refractivity contribution in [3.05, 3.63) is 63.6 Å². The lowest BCUT2D eigenvalue weighted by atomic mass is 10.2. The molecule has 110 valence electrons. The van der Waals surface area contributed by atoms with Gasteiger partial charge in [-0.15, -0.1) is 0 Å². The smallest absolute Gasteiger partial charge is 0.250 e. The van der Waals surface area contributed by atoms with Crippen molar-refractivity contribution < 1.29 is 4.79 Å². The third-order valence-electron chi connectivity index (χ3n) is 2.90. The summed E-state index contributed by atoms with van der Waals surface area (Å²) in [6.45, 7) is 0. The van der Waals surface area contributed by atoms with Gasteiger partial charge in [-0.3, -0.25) is 10.1 Å². The standard InChI is InChI=1S/C16H10BrClN2OS/c17-11-6-7-13-14(9-11)22-16(19-13)20-15(21)8-5-10-3-1-2-4-12(10)18/h1-9H,(H,19,20,21)/b8-5+. The lowest BCUT2D eigenvalue weighted by Gasteiger charge is -1.97. The fourth-order valence-electron chi connectivity index (χ4n) is 1.87. The van der Waals surface area contributed by atoms with Gasteiger partial charge in [-0.2, -0.15) is 0 Å². The predicted octanol–water partition coefficient (Wildman–Crippen LogP) is 5.36. The van der Waals surface area contributed by atoms with Crippen LogP contribution < -0.4 is 5.32 Å². The van der Waals surface area contributed by atoms with Crippen LogP contribution in [0.2, 0.25) is 5.02 Å². The van der Waals surface area contributed by atoms with Gasteiger partial charge in [0.1, 0.15) is 0 Å². The van der Waals surface area contributed by atoms with Crippen molar-refractivity contribution in [2.24, 2.45) is 0 Å². The molecular formula is C16H10BrClN2OS. The Labute approximate surface area is 144 Å². The van der Waals surface area contributed by atoms with Crippen LogP contribution in [0.1, 0.15) is 5.56 Å². The lowest BCUT2D eigenvalue weighted by molar-refractivity contribution is -0.111. The average molecular weight is 394 g/mol. The molecule has 0 atom stereocenters. The number of fused-ring (bicyclic) bond motifs is 1. The van der Waals surface area contributed by atoms with E-state index in [4.69, 9.17) is 11.6 Å². The fourth-order valence-corrected chi connectivity index (χ4v) is 3.49. The third kappa shape index (κ3) is 3.55. The van der Waals surface area contributed by atoms with Gasteiger partial charge >= 0.3 is 0 Å². The van der Waals surface area contributed by atoms with Gasteiger partial charge in [0.15, 0.2) is 5.13 Å². The topological polar surface area (TPSA) is 42.0 Å². The van der Waals surface area contributed by atoms with E-state index in [9.17, 15) is 4.79 Å². The number of rotatable bonds is 3. The second-order valence-corrected chi connectivity index (χ2v) is 6.83. The number of nitrogens with one attached hydrogen (secondary N) is 1. The van der Waals surface area contributed by atoms with Crippen molar-refractivity contribution in [2.75, 3.05) is 5.32 Å². The molecule has 0 saturated carbocycles. The van der Waals surface area contributed by atoms with Crippen LogP contribution in [-0.2, 0) is 4.79 Å². The number of hydrogen-bond acceptors (Lipinski definition) is 3. The van der Waals surface area contributed by atoms with Crippen LogP contribution in [0.25, 0.3) is 16.3 Å². The number of hydrogen-bond donors (Lipinski definition) is 1. The molecule has 0 radical (unpaired) electrons. The summed E-state index contributed by atoms with van der Waals surface area (Å²) < 4.78 is 2.00. The number of aromatic nitrogens is 1. The molecule has 0 aliphatic carbocycles. The van der Waals surface area contributed by atoms with E-state index in [2.05, 4.69) is 26.2 Å². The summed E-state index contributed by atoms with van der Waals surface area (Å²) in [5, 5.41) is 3.94. The van der Waals surface area contributed by atoms with E-state index < -0.39 is 0 Å². The Kier molecular flexibility index (Phi) is 4.57. The summed E-state index contributed by atoms with van der Waals surface area (Å²) >= 11 is 10.9. The zero-order valence-electron chi connectivity index (χ0n) is 11.2. The number of carbonyl (C=O) groups is 1. The zero-order valence-corrected chi connectivity index (χ0v) is 14.4. The van der Waals surface area contributed by atoms with E-state index >= 15 is 0 Å². The highest BCUT2D eigenvalue weighted by atomic mass is 79.9. The van der Waals surface area contributed by atoms with Gasteiger partial charge in [0.2, 0.25) is 5.91 Å². The molecule has 0 saturated heterocycles. The van der Waals surface area contributed by atoms with Gasteiger partial charge in [0.25, 0.3) is 0 Å². The molecule has 0 spiro atoms. The molecule has 3 nitrogen and oxygen atoms in total. The fraction of sp³-hybridized carbons (Fsp3) is 0. The van der Waals surface area contributed by atoms with E-state index in [1.165, 1.54) is 17.4 Å². The number of anilines is 1. The summed E-state index contributed by atoms with van der Waals surface area (Å²) in [4.78, 5) is 16.3. The maximum absolute atomic E-state index is 12.0. The van der Waals surface area contributed by atoms with Crippen LogP contribution >= 0.6 is 38.9 Å². The van der Waals surface area contributed by atoms with Crippen LogP contribution in [0.3, 0.4) is 0 Å². The number of amides is 1. The monoisotopic (exact) mass is 392 g/mol. The van der Waals surface area contributed by atoms with E-state index in [1.807, 2.05) is 36.4 Å². The van der Waals surface area contributed by atoms with Gasteiger partial charge in [-0.1, -0.05) is 57.1 Å². The minimum Gasteiger partial charge on any atom is -0.298 e. The van der Waals surface area contributed by atoms with E-state index in [0.29, 0.717) is 10.2 Å². The molecule has 0 aliphatic heterocycles. The van der Waals surface area contributed by atoms with Crippen LogP contribution in [0.15, 0.2) is 53.0 Å². The highest BCUT2D eigenvalue weighted by Gasteiger charge is 2.06. The second-order valence-electron chi connectivity index (χ2n) is 4.48. The molecule has 1 amide bonds. The highest BCUT2D eigenvalue weighted by molar-refractivity contribution is 9.10. The normalized spacial score (nSPS) is 11.2. The Bertz CT molecular complexity index is 875. The van der Waals surface area contributed by atoms with Crippen molar-refractivity contribution in [2.45, 2.75) is 0 Å². The number of benzene rings is 2. The van der Waals surface area contributed by atoms with Gasteiger partial charge < -0.3 is 0 Å². The van der Waals surface area contributed by atoms with Gasteiger partial charge in [0.05, 0.1) is 10.2 Å². The van der Waals surface area contributed by atoms with Crippen LogP contribution in [-0.4, -0.2) is 10.9 Å². The molecule has 3 rings (SSSR count). The molecule has 0 bridgehead atoms. The molecule has 0 aliphatic rings. The van der Waals surface area contributed by atoms with E-state index in [-0.39, 0.29) is 5.91 Å². The first-order valence-electron chi connectivity index (χ1n) is 6.41. The summed E-state index contributed by atoms with van der Waals surface area (Å²) in [6, 6.07) is 13.2. The van der Waals surface area contributed by atoms with Crippen molar-refractivity contribution >= 4 is 66.2 Å². The molecule has 1 heterocycles. The highest BCUT2D eigenvalue weighted by Crippen LogP contribution is 2.28. The first-order chi connectivity index (χ1) is 10.6. The summed E-state index contributed by atoms with van der Waals surface area (Å²) in [5.41, 5.74) is 1.66. The number of nitrogens with zero attached hydrogens (tertiary/aromatic N) is 1. The van der Waals surface area contributed by atoms with Gasteiger partial charge in [-0.25, -0.2) is 4.98 Å². The van der Waals surface area contributed by atoms with Crippen LogP contribution in [0.5, 0.6) is 0 Å². The Hall–Kier alpha value is -1.69. The van der Waals surface area contributed by atoms with Crippen LogP contribution in [0.4, 0.5) is 5.13 Å². The largest absolute Gasteiger partial charge is 0.298 e. The maximum Gasteiger partial charge on any atom is 0.250 e. The molecule has 6 heteroatoms. The molecule has 3 aromatic rings. The summed E-state index contributed by atoms with van der Waals surface area (Å²) in [5.74, 6) is -0.238. The Balaban J connectivity index is 1.74. The third-order valence-corrected chi connectivity index (χ3v) is 4.67. The number of halogens is 2. The first kappa shape index (κ1) is 15.2. The Morgan fingerprint density at radius 2 is 2.09 bits per heavy atom. The van der Waals surface area contributed by atoms with Crippen LogP contribution in [0, 0.1) is 0 Å². The Morgan fingerprint density at radius 1 is 1.27 bits per heavy atom. The summed E-state index contributed by atoms with van der Waals surface area (Å²) in [7, 11) is 0. The van der Waals surface area contributed by atoms with Gasteiger partial charge in [-0.05, 0) is 35.9 Å². The van der Waals surface area contributed by atoms with E-state index in [0.717, 1.165) is 20.3 Å². The van der Waals surface area contributed by atoms with Crippen molar-refractivity contribution in [1.82, 2.24) is 4.98 Å². The molecule has 1 N–H and O–H groups in total. The molecule has 22 heavy (non-hydrogen) atoms. The zero-order chi connectivity index (χ0) is 15.5. The minimum absolute atomic E-state index is 0.238. The average Bonchev–Trinajstić information content (AvgIpc) is 2.87. The Morgan fingerprint density at radius 3 is 2.91 bits per heavy atom. The number of carbonyl (C=O) groups excluding carboxylic acids is 1. The molecule has 2 aromatic carbocycles. The molecular weight excluding hydrogens is 384 g/mol.